The van der Waals surface area contributed by atoms with Crippen molar-refractivity contribution in [2.45, 2.75) is 25.1 Å². The third-order valence-electron chi connectivity index (χ3n) is 1.75. The molecular formula is C11H15N3OS. The zero-order chi connectivity index (χ0) is 12.0. The van der Waals surface area contributed by atoms with Gasteiger partial charge in [-0.25, -0.2) is 4.98 Å². The zero-order valence-electron chi connectivity index (χ0n) is 9.65. The predicted octanol–water partition coefficient (Wildman–Crippen LogP) is 2.03. The van der Waals surface area contributed by atoms with Crippen LogP contribution in [0.4, 0.5) is 5.82 Å². The number of nitrogens with zero attached hydrogens (tertiary/aromatic N) is 2. The van der Waals surface area contributed by atoms with Crippen LogP contribution in [0.3, 0.4) is 0 Å². The van der Waals surface area contributed by atoms with Gasteiger partial charge in [0, 0.05) is 12.6 Å². The van der Waals surface area contributed by atoms with Crippen LogP contribution in [0.2, 0.25) is 0 Å². The summed E-state index contributed by atoms with van der Waals surface area (Å²) in [6.07, 6.45) is 6.87. The highest BCUT2D eigenvalue weighted by Crippen LogP contribution is 2.19. The minimum Gasteiger partial charge on any atom is -0.461 e. The van der Waals surface area contributed by atoms with Crippen molar-refractivity contribution >= 4 is 17.6 Å². The van der Waals surface area contributed by atoms with Crippen LogP contribution in [0.5, 0.6) is 5.88 Å². The topological polar surface area (TPSA) is 47.0 Å². The number of anilines is 1. The normalized spacial score (nSPS) is 11.6. The van der Waals surface area contributed by atoms with Crippen molar-refractivity contribution in [2.24, 2.45) is 0 Å². The van der Waals surface area contributed by atoms with Crippen LogP contribution in [-0.4, -0.2) is 28.9 Å². The molecule has 0 saturated carbocycles. The summed E-state index contributed by atoms with van der Waals surface area (Å²) in [7, 11) is 0. The second-order valence-electron chi connectivity index (χ2n) is 3.04. The van der Waals surface area contributed by atoms with Gasteiger partial charge in [-0.1, -0.05) is 17.7 Å². The highest BCUT2D eigenvalue weighted by atomic mass is 32.2. The van der Waals surface area contributed by atoms with Crippen molar-refractivity contribution in [1.82, 2.24) is 9.97 Å². The highest BCUT2D eigenvalue weighted by molar-refractivity contribution is 7.98. The van der Waals surface area contributed by atoms with Gasteiger partial charge < -0.3 is 10.1 Å². The van der Waals surface area contributed by atoms with Crippen LogP contribution in [-0.2, 0) is 0 Å². The van der Waals surface area contributed by atoms with Crippen LogP contribution in [0, 0.1) is 12.3 Å². The number of nitrogens with one attached hydrogen (secondary N) is 1. The van der Waals surface area contributed by atoms with Crippen LogP contribution in [0.1, 0.15) is 13.8 Å². The van der Waals surface area contributed by atoms with Crippen LogP contribution < -0.4 is 10.1 Å². The Morgan fingerprint density at radius 3 is 2.94 bits per heavy atom. The molecule has 1 aromatic heterocycles. The number of hydrogen-bond donors (Lipinski definition) is 1. The third kappa shape index (κ3) is 3.63. The maximum atomic E-state index is 5.45. The third-order valence-corrected chi connectivity index (χ3v) is 2.30. The standard InChI is InChI=1S/C11H15N3OS/c1-5-8(3)15-10-7-9(12-6-2)13-11(14-10)16-4/h1,7-8H,6H2,2-4H3,(H,12,13,14). The summed E-state index contributed by atoms with van der Waals surface area (Å²) >= 11 is 1.46. The molecule has 0 aliphatic carbocycles. The highest BCUT2D eigenvalue weighted by Gasteiger charge is 2.06. The molecule has 1 heterocycles. The van der Waals surface area contributed by atoms with E-state index in [1.165, 1.54) is 11.8 Å². The summed E-state index contributed by atoms with van der Waals surface area (Å²) in [5, 5.41) is 3.78. The minimum atomic E-state index is -0.293. The SMILES string of the molecule is C#CC(C)Oc1cc(NCC)nc(SC)n1. The maximum absolute atomic E-state index is 5.45. The lowest BCUT2D eigenvalue weighted by Gasteiger charge is -2.10. The maximum Gasteiger partial charge on any atom is 0.220 e. The van der Waals surface area contributed by atoms with Crippen LogP contribution in [0.25, 0.3) is 0 Å². The molecule has 0 aromatic carbocycles. The van der Waals surface area contributed by atoms with E-state index in [1.54, 1.807) is 13.0 Å². The van der Waals surface area contributed by atoms with E-state index in [-0.39, 0.29) is 6.10 Å². The Hall–Kier alpha value is -1.41. The molecule has 1 rings (SSSR count). The molecule has 0 fully saturated rings. The first-order valence-corrected chi connectivity index (χ1v) is 6.21. The smallest absolute Gasteiger partial charge is 0.220 e. The number of rotatable bonds is 5. The number of ether oxygens (including phenoxy) is 1. The van der Waals surface area contributed by atoms with Crippen LogP contribution in [0.15, 0.2) is 11.2 Å². The molecule has 0 aliphatic rings. The first-order chi connectivity index (χ1) is 7.69. The van der Waals surface area contributed by atoms with E-state index in [4.69, 9.17) is 11.2 Å². The molecule has 0 bridgehead atoms. The molecular weight excluding hydrogens is 222 g/mol. The van der Waals surface area contributed by atoms with Gasteiger partial charge in [-0.2, -0.15) is 4.98 Å². The van der Waals surface area contributed by atoms with Gasteiger partial charge in [0.2, 0.25) is 5.88 Å². The van der Waals surface area contributed by atoms with E-state index < -0.39 is 0 Å². The zero-order valence-corrected chi connectivity index (χ0v) is 10.5. The summed E-state index contributed by atoms with van der Waals surface area (Å²) in [5.41, 5.74) is 0. The molecule has 86 valence electrons. The van der Waals surface area contributed by atoms with E-state index in [9.17, 15) is 0 Å². The van der Waals surface area contributed by atoms with Gasteiger partial charge in [-0.05, 0) is 20.1 Å². The quantitative estimate of drug-likeness (QED) is 0.482. The van der Waals surface area contributed by atoms with Crippen molar-refractivity contribution in [1.29, 1.82) is 0 Å². The fourth-order valence-corrected chi connectivity index (χ4v) is 1.41. The van der Waals surface area contributed by atoms with E-state index >= 15 is 0 Å². The summed E-state index contributed by atoms with van der Waals surface area (Å²) < 4.78 is 5.45. The average Bonchev–Trinajstić information content (AvgIpc) is 2.29. The monoisotopic (exact) mass is 237 g/mol. The van der Waals surface area contributed by atoms with Crippen LogP contribution >= 0.6 is 11.8 Å². The predicted molar refractivity (Wildman–Crippen MR) is 66.9 cm³/mol. The van der Waals surface area contributed by atoms with E-state index in [0.29, 0.717) is 11.0 Å². The number of thioether (sulfide) groups is 1. The molecule has 0 aliphatic heterocycles. The molecule has 0 amide bonds. The second-order valence-corrected chi connectivity index (χ2v) is 3.81. The van der Waals surface area contributed by atoms with E-state index in [2.05, 4.69) is 21.2 Å². The van der Waals surface area contributed by atoms with Gasteiger partial charge in [0.05, 0.1) is 0 Å². The van der Waals surface area contributed by atoms with Gasteiger partial charge in [0.15, 0.2) is 11.3 Å². The molecule has 1 N–H and O–H groups in total. The number of terminal acetylenes is 1. The molecule has 1 atom stereocenters. The molecule has 0 spiro atoms. The lowest BCUT2D eigenvalue weighted by molar-refractivity contribution is 0.265. The summed E-state index contributed by atoms with van der Waals surface area (Å²) in [6, 6.07) is 1.75. The van der Waals surface area contributed by atoms with Gasteiger partial charge >= 0.3 is 0 Å². The van der Waals surface area contributed by atoms with Crippen molar-refractivity contribution in [3.05, 3.63) is 6.07 Å². The van der Waals surface area contributed by atoms with Gasteiger partial charge in [0.25, 0.3) is 0 Å². The minimum absolute atomic E-state index is 0.293. The van der Waals surface area contributed by atoms with Gasteiger partial charge in [-0.15, -0.1) is 6.42 Å². The molecule has 1 unspecified atom stereocenters. The first kappa shape index (κ1) is 12.7. The van der Waals surface area contributed by atoms with Crippen molar-refractivity contribution in [3.63, 3.8) is 0 Å². The van der Waals surface area contributed by atoms with Gasteiger partial charge in [-0.3, -0.25) is 0 Å². The number of aromatic nitrogens is 2. The summed E-state index contributed by atoms with van der Waals surface area (Å²) in [6.45, 7) is 4.61. The van der Waals surface area contributed by atoms with Crippen molar-refractivity contribution in [2.75, 3.05) is 18.1 Å². The second kappa shape index (κ2) is 6.23. The Balaban J connectivity index is 2.91. The molecule has 5 heteroatoms. The Morgan fingerprint density at radius 1 is 1.62 bits per heavy atom. The summed E-state index contributed by atoms with van der Waals surface area (Å²) in [5.74, 6) is 3.74. The Labute approximate surface area is 100 Å². The lowest BCUT2D eigenvalue weighted by atomic mass is 10.4. The number of hydrogen-bond acceptors (Lipinski definition) is 5. The molecule has 16 heavy (non-hydrogen) atoms. The molecule has 4 nitrogen and oxygen atoms in total. The lowest BCUT2D eigenvalue weighted by Crippen LogP contribution is -2.11. The fraction of sp³-hybridized carbons (Fsp3) is 0.455. The van der Waals surface area contributed by atoms with Crippen molar-refractivity contribution in [3.8, 4) is 18.2 Å². The molecule has 0 saturated heterocycles. The largest absolute Gasteiger partial charge is 0.461 e. The molecule has 1 aromatic rings. The average molecular weight is 237 g/mol. The van der Waals surface area contributed by atoms with E-state index in [1.807, 2.05) is 13.2 Å². The first-order valence-electron chi connectivity index (χ1n) is 4.99. The Bertz CT molecular complexity index is 389. The summed E-state index contributed by atoms with van der Waals surface area (Å²) in [4.78, 5) is 8.50. The van der Waals surface area contributed by atoms with Gasteiger partial charge in [0.1, 0.15) is 5.82 Å². The molecule has 0 radical (unpaired) electrons. The van der Waals surface area contributed by atoms with E-state index in [0.717, 1.165) is 12.4 Å². The van der Waals surface area contributed by atoms with Crippen molar-refractivity contribution < 1.29 is 4.74 Å². The Morgan fingerprint density at radius 2 is 2.38 bits per heavy atom. The fourth-order valence-electron chi connectivity index (χ4n) is 1.04. The Kier molecular flexibility index (Phi) is 4.93.